The smallest absolute Gasteiger partial charge is 0.137 e. The SMILES string of the molecule is c1ccc(-c2ccccc2N(c2ccc3c(c2)oc2ccccc23)c2ccccc2-c2ccccc2N(c2ccccc2-c2ccccc2)c2ccccc2-c2ccccc2)cc1. The first-order chi connectivity index (χ1) is 31.3. The highest BCUT2D eigenvalue weighted by Crippen LogP contribution is 2.51. The Morgan fingerprint density at radius 1 is 0.238 bits per heavy atom. The largest absolute Gasteiger partial charge is 0.456 e. The van der Waals surface area contributed by atoms with Gasteiger partial charge in [0, 0.05) is 50.3 Å². The van der Waals surface area contributed by atoms with Crippen molar-refractivity contribution in [3.8, 4) is 44.5 Å². The number of hydrogen-bond acceptors (Lipinski definition) is 3. The Bertz CT molecular complexity index is 3270. The molecule has 3 heteroatoms. The fourth-order valence-electron chi connectivity index (χ4n) is 9.04. The Morgan fingerprint density at radius 2 is 0.571 bits per heavy atom. The highest BCUT2D eigenvalue weighted by Gasteiger charge is 2.26. The molecule has 0 spiro atoms. The maximum absolute atomic E-state index is 6.56. The van der Waals surface area contributed by atoms with Crippen molar-refractivity contribution in [3.63, 3.8) is 0 Å². The van der Waals surface area contributed by atoms with Crippen LogP contribution in [0, 0.1) is 0 Å². The molecule has 0 atom stereocenters. The maximum Gasteiger partial charge on any atom is 0.137 e. The van der Waals surface area contributed by atoms with Gasteiger partial charge in [0.1, 0.15) is 11.2 Å². The number of rotatable bonds is 10. The van der Waals surface area contributed by atoms with E-state index < -0.39 is 0 Å². The van der Waals surface area contributed by atoms with Gasteiger partial charge in [-0.25, -0.2) is 0 Å². The number of para-hydroxylation sites is 6. The summed E-state index contributed by atoms with van der Waals surface area (Å²) in [6, 6.07) is 90.8. The molecule has 0 aliphatic rings. The lowest BCUT2D eigenvalue weighted by Crippen LogP contribution is -2.15. The number of furan rings is 1. The molecule has 0 saturated carbocycles. The summed E-state index contributed by atoms with van der Waals surface area (Å²) < 4.78 is 6.56. The summed E-state index contributed by atoms with van der Waals surface area (Å²) in [5, 5.41) is 2.20. The molecule has 0 unspecified atom stereocenters. The van der Waals surface area contributed by atoms with Crippen LogP contribution in [0.25, 0.3) is 66.4 Å². The summed E-state index contributed by atoms with van der Waals surface area (Å²) in [4.78, 5) is 4.86. The number of benzene rings is 10. The maximum atomic E-state index is 6.56. The average molecular weight is 807 g/mol. The minimum absolute atomic E-state index is 0.843. The molecule has 0 amide bonds. The van der Waals surface area contributed by atoms with Gasteiger partial charge in [0.25, 0.3) is 0 Å². The third-order valence-electron chi connectivity index (χ3n) is 11.9. The molecule has 0 radical (unpaired) electrons. The minimum Gasteiger partial charge on any atom is -0.456 e. The lowest BCUT2D eigenvalue weighted by Gasteiger charge is -2.33. The van der Waals surface area contributed by atoms with E-state index >= 15 is 0 Å². The predicted molar refractivity (Wildman–Crippen MR) is 265 cm³/mol. The van der Waals surface area contributed by atoms with Crippen LogP contribution < -0.4 is 9.80 Å². The second kappa shape index (κ2) is 16.6. The van der Waals surface area contributed by atoms with Gasteiger partial charge in [-0.1, -0.05) is 200 Å². The van der Waals surface area contributed by atoms with Crippen LogP contribution in [0.2, 0.25) is 0 Å². The van der Waals surface area contributed by atoms with Gasteiger partial charge in [0.05, 0.1) is 28.4 Å². The molecule has 1 aromatic heterocycles. The molecule has 10 aromatic carbocycles. The van der Waals surface area contributed by atoms with Crippen molar-refractivity contribution in [2.75, 3.05) is 9.80 Å². The third kappa shape index (κ3) is 7.02. The van der Waals surface area contributed by atoms with Crippen molar-refractivity contribution < 1.29 is 4.42 Å². The Labute approximate surface area is 368 Å². The van der Waals surface area contributed by atoms with Crippen molar-refractivity contribution >= 4 is 56.1 Å². The molecule has 1 heterocycles. The molecule has 0 aliphatic carbocycles. The fourth-order valence-corrected chi connectivity index (χ4v) is 9.04. The van der Waals surface area contributed by atoms with E-state index in [4.69, 9.17) is 4.42 Å². The Morgan fingerprint density at radius 3 is 1.05 bits per heavy atom. The lowest BCUT2D eigenvalue weighted by atomic mass is 9.95. The van der Waals surface area contributed by atoms with Gasteiger partial charge in [0.15, 0.2) is 0 Å². The second-order valence-corrected chi connectivity index (χ2v) is 15.6. The first-order valence-corrected chi connectivity index (χ1v) is 21.4. The van der Waals surface area contributed by atoms with E-state index in [2.05, 4.69) is 252 Å². The molecule has 63 heavy (non-hydrogen) atoms. The van der Waals surface area contributed by atoms with Gasteiger partial charge in [-0.05, 0) is 65.2 Å². The van der Waals surface area contributed by atoms with E-state index in [1.54, 1.807) is 0 Å². The van der Waals surface area contributed by atoms with Crippen molar-refractivity contribution in [1.82, 2.24) is 0 Å². The summed E-state index contributed by atoms with van der Waals surface area (Å²) in [7, 11) is 0. The van der Waals surface area contributed by atoms with Gasteiger partial charge < -0.3 is 14.2 Å². The van der Waals surface area contributed by atoms with Gasteiger partial charge in [-0.15, -0.1) is 0 Å². The van der Waals surface area contributed by atoms with E-state index in [1.807, 2.05) is 12.1 Å². The van der Waals surface area contributed by atoms with Gasteiger partial charge >= 0.3 is 0 Å². The van der Waals surface area contributed by atoms with Gasteiger partial charge in [0.2, 0.25) is 0 Å². The lowest BCUT2D eigenvalue weighted by molar-refractivity contribution is 0.669. The third-order valence-corrected chi connectivity index (χ3v) is 11.9. The zero-order valence-corrected chi connectivity index (χ0v) is 34.6. The van der Waals surface area contributed by atoms with E-state index in [9.17, 15) is 0 Å². The van der Waals surface area contributed by atoms with Crippen LogP contribution in [0.3, 0.4) is 0 Å². The van der Waals surface area contributed by atoms with E-state index in [0.29, 0.717) is 0 Å². The predicted octanol–water partition coefficient (Wildman–Crippen LogP) is 17.2. The van der Waals surface area contributed by atoms with Crippen LogP contribution in [-0.4, -0.2) is 0 Å². The molecule has 11 rings (SSSR count). The first kappa shape index (κ1) is 37.6. The molecule has 0 aliphatic heterocycles. The monoisotopic (exact) mass is 806 g/mol. The molecule has 0 N–H and O–H groups in total. The molecule has 298 valence electrons. The zero-order chi connectivity index (χ0) is 42.0. The van der Waals surface area contributed by atoms with Crippen LogP contribution in [0.4, 0.5) is 34.1 Å². The summed E-state index contributed by atoms with van der Waals surface area (Å²) in [6.07, 6.45) is 0. The minimum atomic E-state index is 0.843. The highest BCUT2D eigenvalue weighted by atomic mass is 16.3. The van der Waals surface area contributed by atoms with Crippen LogP contribution in [-0.2, 0) is 0 Å². The van der Waals surface area contributed by atoms with Crippen molar-refractivity contribution in [1.29, 1.82) is 0 Å². The van der Waals surface area contributed by atoms with Crippen LogP contribution in [0.1, 0.15) is 0 Å². The molecular weight excluding hydrogens is 765 g/mol. The molecule has 0 bridgehead atoms. The van der Waals surface area contributed by atoms with Crippen molar-refractivity contribution in [3.05, 3.63) is 255 Å². The first-order valence-electron chi connectivity index (χ1n) is 21.4. The van der Waals surface area contributed by atoms with E-state index in [-0.39, 0.29) is 0 Å². The summed E-state index contributed by atoms with van der Waals surface area (Å²) >= 11 is 0. The topological polar surface area (TPSA) is 19.6 Å². The summed E-state index contributed by atoms with van der Waals surface area (Å²) in [6.45, 7) is 0. The Kier molecular flexibility index (Phi) is 9.89. The number of nitrogens with zero attached hydrogens (tertiary/aromatic N) is 2. The van der Waals surface area contributed by atoms with Crippen LogP contribution in [0.15, 0.2) is 259 Å². The molecule has 11 aromatic rings. The summed E-state index contributed by atoms with van der Waals surface area (Å²) in [5.41, 5.74) is 17.1. The Hall–Kier alpha value is -8.40. The van der Waals surface area contributed by atoms with Crippen LogP contribution >= 0.6 is 0 Å². The normalized spacial score (nSPS) is 11.2. The number of fused-ring (bicyclic) bond motifs is 3. The van der Waals surface area contributed by atoms with Crippen molar-refractivity contribution in [2.45, 2.75) is 0 Å². The summed E-state index contributed by atoms with van der Waals surface area (Å²) in [5.74, 6) is 0. The number of anilines is 6. The van der Waals surface area contributed by atoms with E-state index in [1.165, 1.54) is 0 Å². The van der Waals surface area contributed by atoms with Crippen molar-refractivity contribution in [2.24, 2.45) is 0 Å². The second-order valence-electron chi connectivity index (χ2n) is 15.6. The highest BCUT2D eigenvalue weighted by molar-refractivity contribution is 6.07. The van der Waals surface area contributed by atoms with Crippen LogP contribution in [0.5, 0.6) is 0 Å². The molecular formula is C60H42N2O. The van der Waals surface area contributed by atoms with E-state index in [0.717, 1.165) is 101 Å². The molecule has 0 fully saturated rings. The fraction of sp³-hybridized carbons (Fsp3) is 0. The van der Waals surface area contributed by atoms with Gasteiger partial charge in [-0.2, -0.15) is 0 Å². The zero-order valence-electron chi connectivity index (χ0n) is 34.6. The molecule has 0 saturated heterocycles. The molecule has 3 nitrogen and oxygen atoms in total. The average Bonchev–Trinajstić information content (AvgIpc) is 3.74. The number of hydrogen-bond donors (Lipinski definition) is 0. The standard InChI is InChI=1S/C60H42N2O/c1-4-22-43(23-5-1)47-28-10-16-34-54(47)61(46-40-41-53-52-33-15-21-39-59(52)63-60(53)42-46)57-37-19-13-31-50(57)51-32-14-20-38-58(51)62(55-35-17-11-29-48(55)44-24-6-2-7-25-44)56-36-18-12-30-49(56)45-26-8-3-9-27-45/h1-42H. The quantitative estimate of drug-likeness (QED) is 0.137. The van der Waals surface area contributed by atoms with Gasteiger partial charge in [-0.3, -0.25) is 0 Å². The Balaban J connectivity index is 1.18.